The lowest BCUT2D eigenvalue weighted by Crippen LogP contribution is -2.46. The number of halogens is 4. The summed E-state index contributed by atoms with van der Waals surface area (Å²) in [5, 5.41) is 10.8. The molecule has 3 rings (SSSR count). The highest BCUT2D eigenvalue weighted by Crippen LogP contribution is 2.36. The summed E-state index contributed by atoms with van der Waals surface area (Å²) in [6.07, 6.45) is -5.30. The number of anilines is 1. The molecule has 0 saturated carbocycles. The number of nitrogens with zero attached hydrogens (tertiary/aromatic N) is 4. The Bertz CT molecular complexity index is 937. The van der Waals surface area contributed by atoms with Gasteiger partial charge in [0.05, 0.1) is 18.2 Å². The first-order chi connectivity index (χ1) is 13.6. The zero-order chi connectivity index (χ0) is 21.3. The van der Waals surface area contributed by atoms with E-state index < -0.39 is 23.5 Å². The molecule has 7 nitrogen and oxygen atoms in total. The Balaban J connectivity index is 1.93. The van der Waals surface area contributed by atoms with Crippen LogP contribution in [-0.2, 0) is 13.2 Å². The van der Waals surface area contributed by atoms with Gasteiger partial charge < -0.3 is 15.0 Å². The molecule has 29 heavy (non-hydrogen) atoms. The highest BCUT2D eigenvalue weighted by molar-refractivity contribution is 5.65. The van der Waals surface area contributed by atoms with Crippen molar-refractivity contribution in [1.82, 2.24) is 19.7 Å². The van der Waals surface area contributed by atoms with E-state index in [4.69, 9.17) is 4.74 Å². The molecule has 2 atom stereocenters. The van der Waals surface area contributed by atoms with Crippen LogP contribution in [0.1, 0.15) is 12.0 Å². The number of rotatable bonds is 4. The van der Waals surface area contributed by atoms with Crippen LogP contribution in [-0.4, -0.2) is 59.1 Å². The van der Waals surface area contributed by atoms with Gasteiger partial charge in [0.15, 0.2) is 5.82 Å². The quantitative estimate of drug-likeness (QED) is 0.773. The summed E-state index contributed by atoms with van der Waals surface area (Å²) in [7, 11) is 4.44. The van der Waals surface area contributed by atoms with Gasteiger partial charge in [-0.25, -0.2) is 4.39 Å². The minimum atomic E-state index is -4.53. The topological polar surface area (TPSA) is 72.3 Å². The molecule has 158 valence electrons. The predicted molar refractivity (Wildman–Crippen MR) is 98.7 cm³/mol. The van der Waals surface area contributed by atoms with Gasteiger partial charge in [-0.1, -0.05) is 0 Å². The number of hydrogen-bond donors (Lipinski definition) is 1. The number of nitrogens with one attached hydrogen (secondary N) is 1. The first-order valence-electron chi connectivity index (χ1n) is 8.88. The van der Waals surface area contributed by atoms with Crippen LogP contribution in [0, 0.1) is 0 Å². The maximum Gasteiger partial charge on any atom is 0.416 e. The van der Waals surface area contributed by atoms with Crippen LogP contribution in [0.2, 0.25) is 0 Å². The molecule has 11 heteroatoms. The molecule has 1 N–H and O–H groups in total. The van der Waals surface area contributed by atoms with Gasteiger partial charge in [0, 0.05) is 32.6 Å². The van der Waals surface area contributed by atoms with Gasteiger partial charge in [-0.2, -0.15) is 13.2 Å². The smallest absolute Gasteiger partial charge is 0.416 e. The summed E-state index contributed by atoms with van der Waals surface area (Å²) in [6.45, 7) is 0.869. The van der Waals surface area contributed by atoms with Gasteiger partial charge in [0.1, 0.15) is 11.9 Å². The van der Waals surface area contributed by atoms with Gasteiger partial charge in [0.25, 0.3) is 5.56 Å². The maximum absolute atomic E-state index is 13.8. The second-order valence-corrected chi connectivity index (χ2v) is 7.04. The molecule has 0 radical (unpaired) electrons. The van der Waals surface area contributed by atoms with Gasteiger partial charge in [-0.3, -0.25) is 9.36 Å². The molecule has 0 unspecified atom stereocenters. The van der Waals surface area contributed by atoms with Crippen molar-refractivity contribution in [3.8, 4) is 17.1 Å². The summed E-state index contributed by atoms with van der Waals surface area (Å²) < 4.78 is 58.8. The monoisotopic (exact) mass is 415 g/mol. The van der Waals surface area contributed by atoms with E-state index in [-0.39, 0.29) is 35.4 Å². The molecule has 1 aromatic heterocycles. The summed E-state index contributed by atoms with van der Waals surface area (Å²) in [5.41, 5.74) is -1.21. The number of likely N-dealkylation sites (N-methyl/N-ethyl adjacent to an activating group) is 1. The Labute approximate surface area is 164 Å². The Morgan fingerprint density at radius 1 is 1.21 bits per heavy atom. The van der Waals surface area contributed by atoms with Gasteiger partial charge in [0.2, 0.25) is 5.82 Å². The van der Waals surface area contributed by atoms with E-state index in [1.54, 1.807) is 7.05 Å². The molecular formula is C18H21F4N5O2. The number of alkyl halides is 4. The normalized spacial score (nSPS) is 20.5. The maximum atomic E-state index is 13.8. The highest BCUT2D eigenvalue weighted by atomic mass is 19.4. The fourth-order valence-corrected chi connectivity index (χ4v) is 3.38. The minimum Gasteiger partial charge on any atom is -0.496 e. The molecule has 2 heterocycles. The standard InChI is InChI=1S/C18H21F4N5O2/c1-26-8-11(19)7-12(9-26)23-15-17(28)27(2)16(25-24-15)13-5-4-10(18(20,21)22)6-14(13)29-3/h4-6,11-12H,7-9H2,1-3H3,(H,23,24)/t11-,12+/m0/s1. The SMILES string of the molecule is COc1cc(C(F)(F)F)ccc1-c1nnc(N[C@@H]2C[C@H](F)CN(C)C2)c(=O)n1C. The van der Waals surface area contributed by atoms with E-state index in [0.717, 1.165) is 12.1 Å². The van der Waals surface area contributed by atoms with Crippen LogP contribution in [0.4, 0.5) is 23.4 Å². The summed E-state index contributed by atoms with van der Waals surface area (Å²) in [6, 6.07) is 2.60. The van der Waals surface area contributed by atoms with Crippen molar-refractivity contribution in [2.75, 3.05) is 32.6 Å². The van der Waals surface area contributed by atoms with Crippen LogP contribution in [0.3, 0.4) is 0 Å². The second-order valence-electron chi connectivity index (χ2n) is 7.04. The molecular weight excluding hydrogens is 394 g/mol. The van der Waals surface area contributed by atoms with Gasteiger partial charge in [-0.05, 0) is 25.2 Å². The highest BCUT2D eigenvalue weighted by Gasteiger charge is 2.32. The third-order valence-corrected chi connectivity index (χ3v) is 4.76. The lowest BCUT2D eigenvalue weighted by molar-refractivity contribution is -0.137. The molecule has 2 aromatic rings. The van der Waals surface area contributed by atoms with E-state index >= 15 is 0 Å². The van der Waals surface area contributed by atoms with Crippen molar-refractivity contribution in [3.63, 3.8) is 0 Å². The van der Waals surface area contributed by atoms with Crippen molar-refractivity contribution >= 4 is 5.82 Å². The molecule has 0 spiro atoms. The van der Waals surface area contributed by atoms with Crippen LogP contribution in [0.25, 0.3) is 11.4 Å². The minimum absolute atomic E-state index is 0.0466. The summed E-state index contributed by atoms with van der Waals surface area (Å²) in [5.74, 6) is -0.0797. The first kappa shape index (κ1) is 21.0. The number of hydrogen-bond acceptors (Lipinski definition) is 6. The number of ether oxygens (including phenoxy) is 1. The third-order valence-electron chi connectivity index (χ3n) is 4.76. The van der Waals surface area contributed by atoms with Crippen molar-refractivity contribution in [3.05, 3.63) is 34.1 Å². The van der Waals surface area contributed by atoms with E-state index in [9.17, 15) is 22.4 Å². The fraction of sp³-hybridized carbons (Fsp3) is 0.500. The van der Waals surface area contributed by atoms with Gasteiger partial charge >= 0.3 is 6.18 Å². The van der Waals surface area contributed by atoms with E-state index in [2.05, 4.69) is 15.5 Å². The zero-order valence-electron chi connectivity index (χ0n) is 16.1. The van der Waals surface area contributed by atoms with Crippen molar-refractivity contribution in [2.24, 2.45) is 7.05 Å². The Morgan fingerprint density at radius 3 is 2.55 bits per heavy atom. The fourth-order valence-electron chi connectivity index (χ4n) is 3.38. The Hall–Kier alpha value is -2.69. The Kier molecular flexibility index (Phi) is 5.78. The van der Waals surface area contributed by atoms with E-state index in [1.165, 1.54) is 24.8 Å². The number of piperidine rings is 1. The van der Waals surface area contributed by atoms with Crippen LogP contribution in [0.5, 0.6) is 5.75 Å². The van der Waals surface area contributed by atoms with Crippen molar-refractivity contribution in [2.45, 2.75) is 24.8 Å². The molecule has 1 fully saturated rings. The number of likely N-dealkylation sites (tertiary alicyclic amines) is 1. The van der Waals surface area contributed by atoms with E-state index in [0.29, 0.717) is 13.1 Å². The van der Waals surface area contributed by atoms with Crippen LogP contribution < -0.4 is 15.6 Å². The average Bonchev–Trinajstić information content (AvgIpc) is 2.64. The molecule has 1 aromatic carbocycles. The summed E-state index contributed by atoms with van der Waals surface area (Å²) >= 11 is 0. The number of methoxy groups -OCH3 is 1. The lowest BCUT2D eigenvalue weighted by Gasteiger charge is -2.32. The van der Waals surface area contributed by atoms with Crippen molar-refractivity contribution < 1.29 is 22.3 Å². The second kappa shape index (κ2) is 7.97. The predicted octanol–water partition coefficient (Wildman–Crippen LogP) is 2.32. The number of aromatic nitrogens is 3. The molecule has 1 aliphatic rings. The lowest BCUT2D eigenvalue weighted by atomic mass is 10.1. The Morgan fingerprint density at radius 2 is 1.93 bits per heavy atom. The number of benzene rings is 1. The average molecular weight is 415 g/mol. The van der Waals surface area contributed by atoms with Crippen molar-refractivity contribution in [1.29, 1.82) is 0 Å². The van der Waals surface area contributed by atoms with Gasteiger partial charge in [-0.15, -0.1) is 10.2 Å². The summed E-state index contributed by atoms with van der Waals surface area (Å²) in [4.78, 5) is 14.5. The molecule has 1 aliphatic heterocycles. The zero-order valence-corrected chi connectivity index (χ0v) is 16.1. The largest absolute Gasteiger partial charge is 0.496 e. The molecule has 0 aliphatic carbocycles. The molecule has 1 saturated heterocycles. The third kappa shape index (κ3) is 4.50. The molecule has 0 amide bonds. The van der Waals surface area contributed by atoms with E-state index in [1.807, 2.05) is 4.90 Å². The van der Waals surface area contributed by atoms with Crippen LogP contribution in [0.15, 0.2) is 23.0 Å². The first-order valence-corrected chi connectivity index (χ1v) is 8.88. The molecule has 0 bridgehead atoms. The van der Waals surface area contributed by atoms with Crippen LogP contribution >= 0.6 is 0 Å².